The fourth-order valence-corrected chi connectivity index (χ4v) is 3.19. The van der Waals surface area contributed by atoms with Crippen LogP contribution in [0.5, 0.6) is 0 Å². The fourth-order valence-electron chi connectivity index (χ4n) is 3.19. The molecule has 1 aromatic carbocycles. The van der Waals surface area contributed by atoms with Crippen LogP contribution in [0, 0.1) is 5.41 Å². The lowest BCUT2D eigenvalue weighted by Gasteiger charge is -2.25. The van der Waals surface area contributed by atoms with Crippen LogP contribution < -0.4 is 5.76 Å². The molecular weight excluding hydrogens is 242 g/mol. The highest BCUT2D eigenvalue weighted by Gasteiger charge is 2.39. The molecule has 1 heterocycles. The van der Waals surface area contributed by atoms with Gasteiger partial charge in [-0.1, -0.05) is 19.8 Å². The Bertz CT molecular complexity index is 674. The highest BCUT2D eigenvalue weighted by molar-refractivity contribution is 6.02. The Morgan fingerprint density at radius 3 is 2.79 bits per heavy atom. The SMILES string of the molecule is CCC1(C(=O)c2ccc3[nH]c(=O)oc3c2)CCCC1. The number of rotatable bonds is 3. The number of nitrogens with one attached hydrogen (secondary N) is 1. The normalized spacial score (nSPS) is 17.9. The molecule has 2 aromatic rings. The Labute approximate surface area is 110 Å². The number of carbonyl (C=O) groups is 1. The van der Waals surface area contributed by atoms with Crippen molar-refractivity contribution in [1.82, 2.24) is 4.98 Å². The second-order valence-electron chi connectivity index (χ2n) is 5.40. The lowest BCUT2D eigenvalue weighted by Crippen LogP contribution is -2.27. The number of aromatic amines is 1. The van der Waals surface area contributed by atoms with Gasteiger partial charge in [0.25, 0.3) is 0 Å². The number of H-pyrrole nitrogens is 1. The first-order chi connectivity index (χ1) is 9.14. The Balaban J connectivity index is 2.03. The highest BCUT2D eigenvalue weighted by Crippen LogP contribution is 2.43. The van der Waals surface area contributed by atoms with Crippen LogP contribution in [0.15, 0.2) is 27.4 Å². The molecule has 100 valence electrons. The standard InChI is InChI=1S/C15H17NO3/c1-2-15(7-3-4-8-15)13(17)10-5-6-11-12(9-10)19-14(18)16-11/h5-6,9H,2-4,7-8H2,1H3,(H,16,18). The van der Waals surface area contributed by atoms with Crippen molar-refractivity contribution < 1.29 is 9.21 Å². The van der Waals surface area contributed by atoms with Crippen LogP contribution in [-0.4, -0.2) is 10.8 Å². The number of oxazole rings is 1. The van der Waals surface area contributed by atoms with Crippen LogP contribution in [0.25, 0.3) is 11.1 Å². The van der Waals surface area contributed by atoms with Gasteiger partial charge in [-0.3, -0.25) is 9.78 Å². The van der Waals surface area contributed by atoms with E-state index >= 15 is 0 Å². The second-order valence-corrected chi connectivity index (χ2v) is 5.40. The molecule has 1 aliphatic rings. The van der Waals surface area contributed by atoms with Crippen LogP contribution in [0.2, 0.25) is 0 Å². The lowest BCUT2D eigenvalue weighted by molar-refractivity contribution is 0.0791. The molecule has 0 spiro atoms. The molecule has 0 aliphatic heterocycles. The zero-order valence-electron chi connectivity index (χ0n) is 11.0. The monoisotopic (exact) mass is 259 g/mol. The van der Waals surface area contributed by atoms with E-state index in [1.807, 2.05) is 0 Å². The first kappa shape index (κ1) is 12.2. The second kappa shape index (κ2) is 4.37. The molecule has 1 aromatic heterocycles. The Morgan fingerprint density at radius 1 is 1.37 bits per heavy atom. The van der Waals surface area contributed by atoms with Crippen LogP contribution >= 0.6 is 0 Å². The van der Waals surface area contributed by atoms with Crippen molar-refractivity contribution >= 4 is 16.9 Å². The number of ketones is 1. The molecule has 0 saturated heterocycles. The van der Waals surface area contributed by atoms with E-state index in [-0.39, 0.29) is 11.2 Å². The maximum Gasteiger partial charge on any atom is 0.417 e. The summed E-state index contributed by atoms with van der Waals surface area (Å²) in [4.78, 5) is 26.4. The van der Waals surface area contributed by atoms with Gasteiger partial charge in [-0.15, -0.1) is 0 Å². The van der Waals surface area contributed by atoms with Gasteiger partial charge >= 0.3 is 5.76 Å². The van der Waals surface area contributed by atoms with Gasteiger partial charge in [-0.25, -0.2) is 4.79 Å². The molecule has 0 radical (unpaired) electrons. The van der Waals surface area contributed by atoms with E-state index in [1.165, 1.54) is 0 Å². The number of hydrogen-bond acceptors (Lipinski definition) is 3. The number of fused-ring (bicyclic) bond motifs is 1. The number of aromatic nitrogens is 1. The minimum absolute atomic E-state index is 0.193. The minimum atomic E-state index is -0.481. The maximum atomic E-state index is 12.7. The van der Waals surface area contributed by atoms with Crippen LogP contribution in [0.3, 0.4) is 0 Å². The van der Waals surface area contributed by atoms with Crippen molar-refractivity contribution in [2.45, 2.75) is 39.0 Å². The molecule has 1 fully saturated rings. The summed E-state index contributed by atoms with van der Waals surface area (Å²) in [6, 6.07) is 5.21. The van der Waals surface area contributed by atoms with Gasteiger partial charge in [-0.2, -0.15) is 0 Å². The first-order valence-electron chi connectivity index (χ1n) is 6.82. The Hall–Kier alpha value is -1.84. The van der Waals surface area contributed by atoms with Crippen LogP contribution in [0.1, 0.15) is 49.4 Å². The lowest BCUT2D eigenvalue weighted by atomic mass is 9.76. The third-order valence-corrected chi connectivity index (χ3v) is 4.40. The Morgan fingerprint density at radius 2 is 2.11 bits per heavy atom. The molecule has 1 saturated carbocycles. The number of hydrogen-bond donors (Lipinski definition) is 1. The van der Waals surface area contributed by atoms with E-state index in [1.54, 1.807) is 18.2 Å². The maximum absolute atomic E-state index is 12.7. The van der Waals surface area contributed by atoms with Crippen molar-refractivity contribution in [3.8, 4) is 0 Å². The number of benzene rings is 1. The summed E-state index contributed by atoms with van der Waals surface area (Å²) in [6.45, 7) is 2.08. The molecule has 1 N–H and O–H groups in total. The molecule has 0 atom stereocenters. The summed E-state index contributed by atoms with van der Waals surface area (Å²) >= 11 is 0. The molecule has 4 nitrogen and oxygen atoms in total. The average molecular weight is 259 g/mol. The van der Waals surface area contributed by atoms with Gasteiger partial charge in [0.2, 0.25) is 0 Å². The third-order valence-electron chi connectivity index (χ3n) is 4.40. The summed E-state index contributed by atoms with van der Waals surface area (Å²) in [7, 11) is 0. The van der Waals surface area contributed by atoms with Gasteiger partial charge in [-0.05, 0) is 37.5 Å². The van der Waals surface area contributed by atoms with E-state index in [9.17, 15) is 9.59 Å². The van der Waals surface area contributed by atoms with Gasteiger partial charge in [0.15, 0.2) is 11.4 Å². The number of Topliss-reactive ketones (excluding diaryl/α,β-unsaturated/α-hetero) is 1. The Kier molecular flexibility index (Phi) is 2.81. The molecular formula is C15H17NO3. The largest absolute Gasteiger partial charge is 0.417 e. The van der Waals surface area contributed by atoms with Gasteiger partial charge in [0.1, 0.15) is 0 Å². The summed E-state index contributed by atoms with van der Waals surface area (Å²) < 4.78 is 5.02. The van der Waals surface area contributed by atoms with Crippen molar-refractivity contribution in [3.05, 3.63) is 34.3 Å². The average Bonchev–Trinajstić information content (AvgIpc) is 3.02. The summed E-state index contributed by atoms with van der Waals surface area (Å²) in [6.07, 6.45) is 5.07. The molecule has 0 amide bonds. The number of carbonyl (C=O) groups excluding carboxylic acids is 1. The van der Waals surface area contributed by atoms with Crippen LogP contribution in [0.4, 0.5) is 0 Å². The molecule has 3 rings (SSSR count). The van der Waals surface area contributed by atoms with E-state index < -0.39 is 5.76 Å². The molecule has 19 heavy (non-hydrogen) atoms. The summed E-state index contributed by atoms with van der Waals surface area (Å²) in [5.41, 5.74) is 1.54. The van der Waals surface area contributed by atoms with Crippen molar-refractivity contribution in [2.75, 3.05) is 0 Å². The zero-order valence-corrected chi connectivity index (χ0v) is 11.0. The molecule has 1 aliphatic carbocycles. The molecule has 0 unspecified atom stereocenters. The van der Waals surface area contributed by atoms with Crippen molar-refractivity contribution in [1.29, 1.82) is 0 Å². The van der Waals surface area contributed by atoms with Crippen molar-refractivity contribution in [3.63, 3.8) is 0 Å². The zero-order chi connectivity index (χ0) is 13.5. The molecule has 0 bridgehead atoms. The van der Waals surface area contributed by atoms with Crippen LogP contribution in [-0.2, 0) is 0 Å². The highest BCUT2D eigenvalue weighted by atomic mass is 16.4. The van der Waals surface area contributed by atoms with Gasteiger partial charge in [0.05, 0.1) is 5.52 Å². The first-order valence-corrected chi connectivity index (χ1v) is 6.82. The van der Waals surface area contributed by atoms with E-state index in [2.05, 4.69) is 11.9 Å². The molecule has 4 heteroatoms. The van der Waals surface area contributed by atoms with Crippen molar-refractivity contribution in [2.24, 2.45) is 5.41 Å². The topological polar surface area (TPSA) is 63.1 Å². The van der Waals surface area contributed by atoms with Gasteiger partial charge < -0.3 is 4.42 Å². The fraction of sp³-hybridized carbons (Fsp3) is 0.467. The van der Waals surface area contributed by atoms with E-state index in [4.69, 9.17) is 4.42 Å². The summed E-state index contributed by atoms with van der Waals surface area (Å²) in [5.74, 6) is -0.288. The minimum Gasteiger partial charge on any atom is -0.408 e. The third kappa shape index (κ3) is 1.91. The predicted molar refractivity (Wildman–Crippen MR) is 72.4 cm³/mol. The predicted octanol–water partition coefficient (Wildman–Crippen LogP) is 3.27. The smallest absolute Gasteiger partial charge is 0.408 e. The summed E-state index contributed by atoms with van der Waals surface area (Å²) in [5, 5.41) is 0. The van der Waals surface area contributed by atoms with Gasteiger partial charge in [0, 0.05) is 11.0 Å². The van der Waals surface area contributed by atoms with E-state index in [0.717, 1.165) is 32.1 Å². The quantitative estimate of drug-likeness (QED) is 0.860. The van der Waals surface area contributed by atoms with E-state index in [0.29, 0.717) is 16.7 Å².